The lowest BCUT2D eigenvalue weighted by Gasteiger charge is -2.32. The maximum atomic E-state index is 13.4. The lowest BCUT2D eigenvalue weighted by molar-refractivity contribution is -0.160. The average Bonchev–Trinajstić information content (AvgIpc) is 3.48. The smallest absolute Gasteiger partial charge is 0.422 e. The molecule has 0 spiro atoms. The number of likely N-dealkylation sites (tertiary alicyclic amines) is 1. The van der Waals surface area contributed by atoms with Crippen molar-refractivity contribution in [3.8, 4) is 11.4 Å². The van der Waals surface area contributed by atoms with E-state index in [4.69, 9.17) is 0 Å². The predicted octanol–water partition coefficient (Wildman–Crippen LogP) is 3.96. The number of piperidine rings is 1. The number of nitrogens with zero attached hydrogens (tertiary/aromatic N) is 5. The second kappa shape index (κ2) is 10.1. The van der Waals surface area contributed by atoms with Gasteiger partial charge in [0.2, 0.25) is 0 Å². The summed E-state index contributed by atoms with van der Waals surface area (Å²) in [5.74, 6) is 1.26. The van der Waals surface area contributed by atoms with Crippen LogP contribution in [0.5, 0.6) is 0 Å². The summed E-state index contributed by atoms with van der Waals surface area (Å²) in [5.41, 5.74) is 0.967. The topological polar surface area (TPSA) is 114 Å². The number of alkyl halides is 3. The molecule has 2 N–H and O–H groups in total. The zero-order valence-corrected chi connectivity index (χ0v) is 20.8. The molecule has 1 saturated heterocycles. The number of carbonyl (C=O) groups is 2. The van der Waals surface area contributed by atoms with E-state index in [0.717, 1.165) is 23.2 Å². The molecule has 0 radical (unpaired) electrons. The molecule has 14 heteroatoms. The monoisotopic (exact) mass is 537 g/mol. The summed E-state index contributed by atoms with van der Waals surface area (Å²) in [4.78, 5) is 36.8. The highest BCUT2D eigenvalue weighted by molar-refractivity contribution is 7.16. The molecule has 0 unspecified atom stereocenters. The fraction of sp³-hybridized carbons (Fsp3) is 0.522. The van der Waals surface area contributed by atoms with Crippen LogP contribution in [0.3, 0.4) is 0 Å². The first-order valence-corrected chi connectivity index (χ1v) is 12.9. The van der Waals surface area contributed by atoms with Crippen LogP contribution < -0.4 is 10.6 Å². The van der Waals surface area contributed by atoms with Gasteiger partial charge in [-0.1, -0.05) is 0 Å². The van der Waals surface area contributed by atoms with Gasteiger partial charge in [0.25, 0.3) is 5.91 Å². The highest BCUT2D eigenvalue weighted by Crippen LogP contribution is 2.34. The van der Waals surface area contributed by atoms with Crippen LogP contribution in [-0.4, -0.2) is 74.4 Å². The average molecular weight is 538 g/mol. The number of hydrogen-bond acceptors (Lipinski definition) is 8. The number of halogens is 3. The first-order chi connectivity index (χ1) is 17.7. The second-order valence-corrected chi connectivity index (χ2v) is 10.2. The number of rotatable bonds is 7. The molecule has 2 fully saturated rings. The normalized spacial score (nSPS) is 17.6. The first-order valence-electron chi connectivity index (χ1n) is 12.0. The Hall–Kier alpha value is -3.42. The van der Waals surface area contributed by atoms with Gasteiger partial charge in [0.15, 0.2) is 12.4 Å². The van der Waals surface area contributed by atoms with Crippen LogP contribution in [0, 0.1) is 5.92 Å². The predicted molar refractivity (Wildman–Crippen MR) is 129 cm³/mol. The molecule has 10 nitrogen and oxygen atoms in total. The highest BCUT2D eigenvalue weighted by Gasteiger charge is 2.32. The Bertz CT molecular complexity index is 1280. The van der Waals surface area contributed by atoms with Gasteiger partial charge in [-0.25, -0.2) is 19.3 Å². The molecule has 3 aromatic rings. The molecule has 37 heavy (non-hydrogen) atoms. The standard InChI is InChI=1S/C23H26F3N7O3S/c1-13(14-2-3-14)28-18-10-17(30-19(31-18)16-11-27-33-8-9-37-21(16)33)20(34)32-6-4-15(5-7-32)29-22(35)36-12-23(24,25)26/h8-11,13-15H,2-7,12H2,1H3,(H,29,35)(H,28,30,31)/t13-/m1/s1. The number of fused-ring (bicyclic) bond motifs is 1. The molecule has 5 rings (SSSR count). The van der Waals surface area contributed by atoms with Gasteiger partial charge in [0.1, 0.15) is 16.3 Å². The molecule has 3 aromatic heterocycles. The molecule has 2 aliphatic rings. The third-order valence-electron chi connectivity index (χ3n) is 6.49. The van der Waals surface area contributed by atoms with Crippen LogP contribution in [0.15, 0.2) is 23.8 Å². The number of alkyl carbamates (subject to hydrolysis) is 1. The number of nitrogens with one attached hydrogen (secondary N) is 2. The largest absolute Gasteiger partial charge is 0.440 e. The maximum Gasteiger partial charge on any atom is 0.422 e. The van der Waals surface area contributed by atoms with E-state index >= 15 is 0 Å². The summed E-state index contributed by atoms with van der Waals surface area (Å²) in [6.45, 7) is 1.08. The first kappa shape index (κ1) is 25.2. The Morgan fingerprint density at radius 2 is 1.97 bits per heavy atom. The number of aromatic nitrogens is 4. The van der Waals surface area contributed by atoms with E-state index in [1.165, 1.54) is 11.3 Å². The van der Waals surface area contributed by atoms with Gasteiger partial charge in [0.05, 0.1) is 11.8 Å². The van der Waals surface area contributed by atoms with Gasteiger partial charge < -0.3 is 20.3 Å². The van der Waals surface area contributed by atoms with Crippen molar-refractivity contribution in [1.29, 1.82) is 0 Å². The second-order valence-electron chi connectivity index (χ2n) is 9.35. The minimum atomic E-state index is -4.58. The van der Waals surface area contributed by atoms with E-state index in [1.807, 2.05) is 11.6 Å². The van der Waals surface area contributed by atoms with Crippen molar-refractivity contribution in [1.82, 2.24) is 29.8 Å². The molecule has 1 aliphatic heterocycles. The van der Waals surface area contributed by atoms with Crippen molar-refractivity contribution >= 4 is 34.0 Å². The summed E-state index contributed by atoms with van der Waals surface area (Å²) >= 11 is 1.50. The minimum absolute atomic E-state index is 0.207. The van der Waals surface area contributed by atoms with Crippen LogP contribution in [0.25, 0.3) is 16.2 Å². The summed E-state index contributed by atoms with van der Waals surface area (Å²) in [5, 5.41) is 12.1. The van der Waals surface area contributed by atoms with Crippen LogP contribution in [0.2, 0.25) is 0 Å². The Morgan fingerprint density at radius 3 is 2.68 bits per heavy atom. The molecule has 2 amide bonds. The lowest BCUT2D eigenvalue weighted by atomic mass is 10.0. The molecular weight excluding hydrogens is 511 g/mol. The fourth-order valence-electron chi connectivity index (χ4n) is 4.32. The van der Waals surface area contributed by atoms with Crippen molar-refractivity contribution in [3.05, 3.63) is 29.5 Å². The van der Waals surface area contributed by atoms with Gasteiger partial charge in [-0.3, -0.25) is 4.79 Å². The molecule has 4 heterocycles. The summed E-state index contributed by atoms with van der Waals surface area (Å²) in [6, 6.07) is 1.47. The van der Waals surface area contributed by atoms with Crippen molar-refractivity contribution in [3.63, 3.8) is 0 Å². The third kappa shape index (κ3) is 6.12. The Labute approximate surface area is 214 Å². The number of amides is 2. The van der Waals surface area contributed by atoms with Crippen molar-refractivity contribution in [2.24, 2.45) is 5.92 Å². The number of hydrogen-bond donors (Lipinski definition) is 2. The molecule has 1 saturated carbocycles. The molecule has 198 valence electrons. The van der Waals surface area contributed by atoms with E-state index in [-0.39, 0.29) is 23.7 Å². The fourth-order valence-corrected chi connectivity index (χ4v) is 5.12. The molecule has 1 aliphatic carbocycles. The van der Waals surface area contributed by atoms with Gasteiger partial charge in [0, 0.05) is 42.8 Å². The van der Waals surface area contributed by atoms with Gasteiger partial charge in [-0.15, -0.1) is 11.3 Å². The molecule has 0 bridgehead atoms. The van der Waals surface area contributed by atoms with E-state index in [9.17, 15) is 22.8 Å². The summed E-state index contributed by atoms with van der Waals surface area (Å²) < 4.78 is 42.7. The number of anilines is 1. The minimum Gasteiger partial charge on any atom is -0.440 e. The number of ether oxygens (including phenoxy) is 1. The Balaban J connectivity index is 1.29. The summed E-state index contributed by atoms with van der Waals surface area (Å²) in [7, 11) is 0. The highest BCUT2D eigenvalue weighted by atomic mass is 32.1. The Kier molecular flexibility index (Phi) is 6.92. The molecule has 0 aromatic carbocycles. The van der Waals surface area contributed by atoms with Crippen LogP contribution >= 0.6 is 11.3 Å². The van der Waals surface area contributed by atoms with Gasteiger partial charge in [-0.05, 0) is 38.5 Å². The van der Waals surface area contributed by atoms with E-state index in [0.29, 0.717) is 43.5 Å². The molecular formula is C23H26F3N7O3S. The van der Waals surface area contributed by atoms with Crippen LogP contribution in [-0.2, 0) is 4.74 Å². The van der Waals surface area contributed by atoms with Crippen molar-refractivity contribution < 1.29 is 27.5 Å². The summed E-state index contributed by atoms with van der Waals surface area (Å²) in [6.07, 6.45) is 0.891. The maximum absolute atomic E-state index is 13.4. The van der Waals surface area contributed by atoms with Crippen LogP contribution in [0.1, 0.15) is 43.1 Å². The quantitative estimate of drug-likeness (QED) is 0.469. The Morgan fingerprint density at radius 1 is 1.22 bits per heavy atom. The number of thiazole rings is 1. The zero-order chi connectivity index (χ0) is 26.2. The van der Waals surface area contributed by atoms with Crippen LogP contribution in [0.4, 0.5) is 23.8 Å². The van der Waals surface area contributed by atoms with Crippen molar-refractivity contribution in [2.45, 2.75) is 50.9 Å². The van der Waals surface area contributed by atoms with E-state index in [2.05, 4.69) is 37.4 Å². The number of carbonyl (C=O) groups excluding carboxylic acids is 2. The SMILES string of the molecule is C[C@@H](Nc1cc(C(=O)N2CCC(NC(=O)OCC(F)(F)F)CC2)nc(-c2cnn3ccsc23)n1)C1CC1. The van der Waals surface area contributed by atoms with Gasteiger partial charge >= 0.3 is 12.3 Å². The van der Waals surface area contributed by atoms with Crippen molar-refractivity contribution in [2.75, 3.05) is 25.0 Å². The lowest BCUT2D eigenvalue weighted by Crippen LogP contribution is -2.47. The van der Waals surface area contributed by atoms with Gasteiger partial charge in [-0.2, -0.15) is 18.3 Å². The molecule has 1 atom stereocenters. The third-order valence-corrected chi connectivity index (χ3v) is 7.38. The van der Waals surface area contributed by atoms with E-state index < -0.39 is 18.9 Å². The zero-order valence-electron chi connectivity index (χ0n) is 20.0. The van der Waals surface area contributed by atoms with E-state index in [1.54, 1.807) is 21.7 Å².